The highest BCUT2D eigenvalue weighted by molar-refractivity contribution is 7.88. The second-order valence-corrected chi connectivity index (χ2v) is 7.67. The number of amides is 1. The molecule has 1 amide bonds. The van der Waals surface area contributed by atoms with Crippen LogP contribution in [0.3, 0.4) is 0 Å². The van der Waals surface area contributed by atoms with Gasteiger partial charge in [-0.05, 0) is 25.7 Å². The molecule has 2 saturated heterocycles. The van der Waals surface area contributed by atoms with Gasteiger partial charge in [0.1, 0.15) is 6.04 Å². The number of carbonyl (C=O) groups excluding carboxylic acids is 1. The molecule has 0 aromatic rings. The van der Waals surface area contributed by atoms with Crippen LogP contribution < -0.4 is 5.32 Å². The Morgan fingerprint density at radius 2 is 1.95 bits per heavy atom. The molecule has 0 bridgehead atoms. The van der Waals surface area contributed by atoms with Crippen LogP contribution in [0.1, 0.15) is 25.7 Å². The van der Waals surface area contributed by atoms with Crippen molar-refractivity contribution in [3.63, 3.8) is 0 Å². The average Bonchev–Trinajstić information content (AvgIpc) is 2.92. The number of nitrogens with zero attached hydrogens (tertiary/aromatic N) is 3. The van der Waals surface area contributed by atoms with Crippen LogP contribution in [-0.4, -0.2) is 68.0 Å². The van der Waals surface area contributed by atoms with Gasteiger partial charge >= 0.3 is 0 Å². The molecule has 0 aromatic carbocycles. The third-order valence-corrected chi connectivity index (χ3v) is 5.49. The van der Waals surface area contributed by atoms with Crippen molar-refractivity contribution < 1.29 is 13.2 Å². The molecule has 21 heavy (non-hydrogen) atoms. The van der Waals surface area contributed by atoms with Crippen LogP contribution in [0.15, 0.2) is 0 Å². The summed E-state index contributed by atoms with van der Waals surface area (Å²) in [6, 6.07) is 2.04. The van der Waals surface area contributed by atoms with Crippen molar-refractivity contribution >= 4 is 15.9 Å². The van der Waals surface area contributed by atoms with Crippen LogP contribution in [0, 0.1) is 11.3 Å². The zero-order valence-corrected chi connectivity index (χ0v) is 13.1. The summed E-state index contributed by atoms with van der Waals surface area (Å²) in [5.41, 5.74) is 0. The zero-order chi connectivity index (χ0) is 15.5. The molecule has 2 aliphatic rings. The van der Waals surface area contributed by atoms with Gasteiger partial charge in [0.2, 0.25) is 15.9 Å². The lowest BCUT2D eigenvalue weighted by atomic mass is 10.1. The maximum Gasteiger partial charge on any atom is 0.237 e. The van der Waals surface area contributed by atoms with E-state index in [1.165, 1.54) is 10.6 Å². The van der Waals surface area contributed by atoms with Crippen LogP contribution >= 0.6 is 0 Å². The van der Waals surface area contributed by atoms with E-state index < -0.39 is 10.0 Å². The topological polar surface area (TPSA) is 93.5 Å². The van der Waals surface area contributed by atoms with Gasteiger partial charge in [-0.25, -0.2) is 12.7 Å². The van der Waals surface area contributed by atoms with Gasteiger partial charge in [-0.1, -0.05) is 0 Å². The SMILES string of the molecule is CS(=O)(=O)N1CCC(NCC(=O)N2CCC[C@H]2C#N)CC1. The first-order valence-corrected chi connectivity index (χ1v) is 9.14. The van der Waals surface area contributed by atoms with Crippen LogP contribution in [0.25, 0.3) is 0 Å². The summed E-state index contributed by atoms with van der Waals surface area (Å²) in [6.07, 6.45) is 4.29. The number of hydrogen-bond donors (Lipinski definition) is 1. The first kappa shape index (κ1) is 16.2. The first-order chi connectivity index (χ1) is 9.91. The lowest BCUT2D eigenvalue weighted by Crippen LogP contribution is -2.48. The first-order valence-electron chi connectivity index (χ1n) is 7.29. The smallest absolute Gasteiger partial charge is 0.237 e. The average molecular weight is 314 g/mol. The molecule has 2 fully saturated rings. The molecule has 0 spiro atoms. The van der Waals surface area contributed by atoms with Gasteiger partial charge in [-0.2, -0.15) is 5.26 Å². The summed E-state index contributed by atoms with van der Waals surface area (Å²) < 4.78 is 24.3. The molecule has 1 atom stereocenters. The predicted octanol–water partition coefficient (Wildman–Crippen LogP) is -0.485. The fraction of sp³-hybridized carbons (Fsp3) is 0.846. The minimum atomic E-state index is -3.11. The Bertz CT molecular complexity index is 520. The predicted molar refractivity (Wildman–Crippen MR) is 77.8 cm³/mol. The molecule has 2 rings (SSSR count). The Labute approximate surface area is 125 Å². The fourth-order valence-corrected chi connectivity index (χ4v) is 3.80. The molecule has 0 radical (unpaired) electrons. The molecule has 0 aliphatic carbocycles. The molecule has 0 unspecified atom stereocenters. The van der Waals surface area contributed by atoms with E-state index in [4.69, 9.17) is 5.26 Å². The number of hydrogen-bond acceptors (Lipinski definition) is 5. The summed E-state index contributed by atoms with van der Waals surface area (Å²) in [7, 11) is -3.11. The molecule has 7 nitrogen and oxygen atoms in total. The number of nitrogens with one attached hydrogen (secondary N) is 1. The molecule has 0 saturated carbocycles. The molecule has 118 valence electrons. The number of rotatable bonds is 4. The van der Waals surface area contributed by atoms with E-state index in [2.05, 4.69) is 11.4 Å². The Morgan fingerprint density at radius 3 is 2.52 bits per heavy atom. The molecule has 2 heterocycles. The van der Waals surface area contributed by atoms with Gasteiger partial charge in [0.05, 0.1) is 18.9 Å². The quantitative estimate of drug-likeness (QED) is 0.756. The summed E-state index contributed by atoms with van der Waals surface area (Å²) in [6.45, 7) is 1.87. The molecular formula is C13H22N4O3S. The van der Waals surface area contributed by atoms with Crippen LogP contribution in [0.2, 0.25) is 0 Å². The van der Waals surface area contributed by atoms with Crippen LogP contribution in [-0.2, 0) is 14.8 Å². The highest BCUT2D eigenvalue weighted by Gasteiger charge is 2.29. The van der Waals surface area contributed by atoms with E-state index in [1.54, 1.807) is 4.90 Å². The van der Waals surface area contributed by atoms with Crippen molar-refractivity contribution in [1.29, 1.82) is 5.26 Å². The molecule has 2 aliphatic heterocycles. The third-order valence-electron chi connectivity index (χ3n) is 4.19. The summed E-state index contributed by atoms with van der Waals surface area (Å²) in [4.78, 5) is 13.7. The van der Waals surface area contributed by atoms with Crippen molar-refractivity contribution in [2.24, 2.45) is 0 Å². The number of likely N-dealkylation sites (tertiary alicyclic amines) is 1. The second kappa shape index (κ2) is 6.73. The number of piperidine rings is 1. The van der Waals surface area contributed by atoms with Gasteiger partial charge < -0.3 is 10.2 Å². The normalized spacial score (nSPS) is 25.0. The lowest BCUT2D eigenvalue weighted by molar-refractivity contribution is -0.130. The Hall–Kier alpha value is -1.17. The standard InChI is InChI=1S/C13H22N4O3S/c1-21(19,20)16-7-4-11(5-8-16)15-10-13(18)17-6-2-3-12(17)9-14/h11-12,15H,2-8,10H2,1H3/t12-/m0/s1. The van der Waals surface area contributed by atoms with E-state index in [0.717, 1.165) is 12.8 Å². The third kappa shape index (κ3) is 4.15. The van der Waals surface area contributed by atoms with Gasteiger partial charge in [0, 0.05) is 25.7 Å². The molecular weight excluding hydrogens is 292 g/mol. The van der Waals surface area contributed by atoms with Crippen molar-refractivity contribution in [1.82, 2.24) is 14.5 Å². The molecule has 8 heteroatoms. The van der Waals surface area contributed by atoms with E-state index in [1.807, 2.05) is 0 Å². The highest BCUT2D eigenvalue weighted by Crippen LogP contribution is 2.17. The monoisotopic (exact) mass is 314 g/mol. The van der Waals surface area contributed by atoms with Crippen LogP contribution in [0.4, 0.5) is 0 Å². The van der Waals surface area contributed by atoms with Crippen molar-refractivity contribution in [3.05, 3.63) is 0 Å². The van der Waals surface area contributed by atoms with E-state index in [0.29, 0.717) is 32.5 Å². The van der Waals surface area contributed by atoms with Gasteiger partial charge in [0.25, 0.3) is 0 Å². The lowest BCUT2D eigenvalue weighted by Gasteiger charge is -2.31. The number of sulfonamides is 1. The second-order valence-electron chi connectivity index (χ2n) is 5.69. The van der Waals surface area contributed by atoms with Gasteiger partial charge in [-0.3, -0.25) is 4.79 Å². The van der Waals surface area contributed by atoms with E-state index in [9.17, 15) is 13.2 Å². The van der Waals surface area contributed by atoms with Crippen molar-refractivity contribution in [3.8, 4) is 6.07 Å². The Kier molecular flexibility index (Phi) is 5.19. The zero-order valence-electron chi connectivity index (χ0n) is 12.3. The number of carbonyl (C=O) groups is 1. The van der Waals surface area contributed by atoms with E-state index >= 15 is 0 Å². The van der Waals surface area contributed by atoms with Gasteiger partial charge in [-0.15, -0.1) is 0 Å². The van der Waals surface area contributed by atoms with Crippen LogP contribution in [0.5, 0.6) is 0 Å². The minimum Gasteiger partial charge on any atom is -0.326 e. The highest BCUT2D eigenvalue weighted by atomic mass is 32.2. The molecule has 0 aromatic heterocycles. The largest absolute Gasteiger partial charge is 0.326 e. The van der Waals surface area contributed by atoms with Crippen molar-refractivity contribution in [2.45, 2.75) is 37.8 Å². The van der Waals surface area contributed by atoms with Gasteiger partial charge in [0.15, 0.2) is 0 Å². The minimum absolute atomic E-state index is 0.0374. The fourth-order valence-electron chi connectivity index (χ4n) is 2.92. The summed E-state index contributed by atoms with van der Waals surface area (Å²) in [5.74, 6) is -0.0374. The number of nitriles is 1. The summed E-state index contributed by atoms with van der Waals surface area (Å²) in [5, 5.41) is 12.2. The molecule has 1 N–H and O–H groups in total. The van der Waals surface area contributed by atoms with E-state index in [-0.39, 0.29) is 24.5 Å². The maximum atomic E-state index is 12.1. The van der Waals surface area contributed by atoms with Crippen molar-refractivity contribution in [2.75, 3.05) is 32.4 Å². The summed E-state index contributed by atoms with van der Waals surface area (Å²) >= 11 is 0. The Balaban J connectivity index is 1.75. The Morgan fingerprint density at radius 1 is 1.29 bits per heavy atom. The maximum absolute atomic E-state index is 12.1.